The molecule has 140 valence electrons. The fourth-order valence-electron chi connectivity index (χ4n) is 2.63. The van der Waals surface area contributed by atoms with Gasteiger partial charge in [0.15, 0.2) is 5.76 Å². The van der Waals surface area contributed by atoms with Crippen LogP contribution in [0.4, 0.5) is 0 Å². The molecule has 0 bridgehead atoms. The van der Waals surface area contributed by atoms with E-state index in [2.05, 4.69) is 5.32 Å². The number of carbonyl (C=O) groups excluding carboxylic acids is 1. The average molecular weight is 355 g/mol. The first kappa shape index (κ1) is 19.4. The number of piperazine rings is 1. The zero-order chi connectivity index (χ0) is 18.2. The number of nitrogens with zero attached hydrogens (tertiary/aromatic N) is 2. The van der Waals surface area contributed by atoms with Crippen molar-refractivity contribution in [2.45, 2.75) is 13.2 Å². The highest BCUT2D eigenvalue weighted by atomic mass is 16.5. The lowest BCUT2D eigenvalue weighted by Crippen LogP contribution is -2.49. The lowest BCUT2D eigenvalue weighted by atomic mass is 10.2. The summed E-state index contributed by atoms with van der Waals surface area (Å²) in [5.41, 5.74) is -0.559. The van der Waals surface area contributed by atoms with E-state index >= 15 is 0 Å². The Labute approximate surface area is 145 Å². The summed E-state index contributed by atoms with van der Waals surface area (Å²) in [4.78, 5) is 27.5. The Balaban J connectivity index is 1.82. The molecule has 9 nitrogen and oxygen atoms in total. The van der Waals surface area contributed by atoms with Crippen LogP contribution in [0.15, 0.2) is 15.3 Å². The van der Waals surface area contributed by atoms with Gasteiger partial charge in [-0.1, -0.05) is 0 Å². The van der Waals surface area contributed by atoms with Crippen molar-refractivity contribution in [3.8, 4) is 5.75 Å². The van der Waals surface area contributed by atoms with Crippen molar-refractivity contribution in [2.75, 3.05) is 53.0 Å². The Kier molecular flexibility index (Phi) is 7.38. The Morgan fingerprint density at radius 2 is 2.00 bits per heavy atom. The lowest BCUT2D eigenvalue weighted by molar-refractivity contribution is -0.122. The van der Waals surface area contributed by atoms with Gasteiger partial charge in [-0.3, -0.25) is 19.4 Å². The van der Waals surface area contributed by atoms with Crippen LogP contribution in [0.1, 0.15) is 11.5 Å². The standard InChI is InChI=1S/C16H25N3O6/c1-24-7-2-17-15(22)10-19-5-3-18(4-6-19)9-14-16(23)13(21)8-12(11-20)25-14/h8,20,23H,2-7,9-11H2,1H3,(H,17,22). The van der Waals surface area contributed by atoms with E-state index in [1.165, 1.54) is 0 Å². The molecule has 1 aromatic heterocycles. The molecule has 1 fully saturated rings. The number of rotatable bonds is 8. The molecule has 1 aromatic rings. The third-order valence-corrected chi connectivity index (χ3v) is 4.03. The van der Waals surface area contributed by atoms with Crippen molar-refractivity contribution >= 4 is 5.91 Å². The molecule has 0 aromatic carbocycles. The fraction of sp³-hybridized carbons (Fsp3) is 0.625. The van der Waals surface area contributed by atoms with E-state index in [0.717, 1.165) is 6.07 Å². The number of amides is 1. The van der Waals surface area contributed by atoms with Crippen LogP contribution in [-0.4, -0.2) is 78.9 Å². The highest BCUT2D eigenvalue weighted by Gasteiger charge is 2.21. The van der Waals surface area contributed by atoms with E-state index in [4.69, 9.17) is 14.3 Å². The van der Waals surface area contributed by atoms with Crippen molar-refractivity contribution in [2.24, 2.45) is 0 Å². The molecule has 25 heavy (non-hydrogen) atoms. The molecular formula is C16H25N3O6. The van der Waals surface area contributed by atoms with Gasteiger partial charge >= 0.3 is 0 Å². The van der Waals surface area contributed by atoms with Gasteiger partial charge < -0.3 is 24.7 Å². The normalized spacial score (nSPS) is 16.1. The average Bonchev–Trinajstić information content (AvgIpc) is 2.60. The van der Waals surface area contributed by atoms with Gasteiger partial charge in [-0.05, 0) is 0 Å². The second-order valence-electron chi connectivity index (χ2n) is 5.90. The van der Waals surface area contributed by atoms with E-state index in [9.17, 15) is 14.7 Å². The van der Waals surface area contributed by atoms with E-state index in [1.54, 1.807) is 7.11 Å². The van der Waals surface area contributed by atoms with Crippen LogP contribution in [0, 0.1) is 0 Å². The molecule has 0 spiro atoms. The topological polar surface area (TPSA) is 115 Å². The number of aliphatic hydroxyl groups excluding tert-OH is 1. The monoisotopic (exact) mass is 355 g/mol. The summed E-state index contributed by atoms with van der Waals surface area (Å²) in [6, 6.07) is 1.08. The van der Waals surface area contributed by atoms with E-state index in [-0.39, 0.29) is 24.0 Å². The van der Waals surface area contributed by atoms with Gasteiger partial charge in [0.25, 0.3) is 0 Å². The molecule has 1 saturated heterocycles. The largest absolute Gasteiger partial charge is 0.502 e. The molecule has 1 amide bonds. The lowest BCUT2D eigenvalue weighted by Gasteiger charge is -2.33. The van der Waals surface area contributed by atoms with Crippen LogP contribution >= 0.6 is 0 Å². The maximum absolute atomic E-state index is 11.8. The van der Waals surface area contributed by atoms with Crippen LogP contribution in [0.3, 0.4) is 0 Å². The summed E-state index contributed by atoms with van der Waals surface area (Å²) in [6.07, 6.45) is 0. The Bertz CT molecular complexity index is 625. The summed E-state index contributed by atoms with van der Waals surface area (Å²) in [5, 5.41) is 21.7. The maximum Gasteiger partial charge on any atom is 0.234 e. The first-order valence-electron chi connectivity index (χ1n) is 8.19. The third-order valence-electron chi connectivity index (χ3n) is 4.03. The summed E-state index contributed by atoms with van der Waals surface area (Å²) in [6.45, 7) is 3.95. The molecule has 0 unspecified atom stereocenters. The first-order valence-corrected chi connectivity index (χ1v) is 8.19. The minimum absolute atomic E-state index is 0.0372. The Morgan fingerprint density at radius 3 is 2.64 bits per heavy atom. The predicted molar refractivity (Wildman–Crippen MR) is 89.2 cm³/mol. The third kappa shape index (κ3) is 5.82. The molecule has 0 saturated carbocycles. The Hall–Kier alpha value is -1.94. The minimum Gasteiger partial charge on any atom is -0.502 e. The SMILES string of the molecule is COCCNC(=O)CN1CCN(Cc2oc(CO)cc(=O)c2O)CC1. The molecule has 0 atom stereocenters. The van der Waals surface area contributed by atoms with Gasteiger partial charge in [0.2, 0.25) is 17.1 Å². The van der Waals surface area contributed by atoms with Gasteiger partial charge in [0, 0.05) is 45.9 Å². The number of methoxy groups -OCH3 is 1. The second kappa shape index (κ2) is 9.52. The van der Waals surface area contributed by atoms with Gasteiger partial charge in [0.1, 0.15) is 12.4 Å². The number of aromatic hydroxyl groups is 1. The van der Waals surface area contributed by atoms with Crippen molar-refractivity contribution in [3.63, 3.8) is 0 Å². The minimum atomic E-state index is -0.559. The molecule has 0 aliphatic carbocycles. The first-order chi connectivity index (χ1) is 12.0. The maximum atomic E-state index is 11.8. The van der Waals surface area contributed by atoms with Crippen LogP contribution in [0.25, 0.3) is 0 Å². The molecule has 3 N–H and O–H groups in total. The molecule has 2 heterocycles. The fourth-order valence-corrected chi connectivity index (χ4v) is 2.63. The molecule has 1 aliphatic heterocycles. The Morgan fingerprint density at radius 1 is 1.32 bits per heavy atom. The van der Waals surface area contributed by atoms with Gasteiger partial charge in [-0.2, -0.15) is 0 Å². The van der Waals surface area contributed by atoms with Gasteiger partial charge in [-0.25, -0.2) is 0 Å². The zero-order valence-corrected chi connectivity index (χ0v) is 14.4. The van der Waals surface area contributed by atoms with Crippen LogP contribution in [-0.2, 0) is 22.7 Å². The van der Waals surface area contributed by atoms with Crippen molar-refractivity contribution < 1.29 is 24.2 Å². The summed E-state index contributed by atoms with van der Waals surface area (Å²) < 4.78 is 10.2. The summed E-state index contributed by atoms with van der Waals surface area (Å²) >= 11 is 0. The molecule has 2 rings (SSSR count). The number of carbonyl (C=O) groups is 1. The number of ether oxygens (including phenoxy) is 1. The van der Waals surface area contributed by atoms with E-state index in [0.29, 0.717) is 45.9 Å². The van der Waals surface area contributed by atoms with Crippen LogP contribution in [0.5, 0.6) is 5.75 Å². The number of hydrogen-bond donors (Lipinski definition) is 3. The van der Waals surface area contributed by atoms with Crippen molar-refractivity contribution in [1.82, 2.24) is 15.1 Å². The summed E-state index contributed by atoms with van der Waals surface area (Å²) in [7, 11) is 1.58. The zero-order valence-electron chi connectivity index (χ0n) is 14.4. The smallest absolute Gasteiger partial charge is 0.234 e. The molecule has 1 aliphatic rings. The van der Waals surface area contributed by atoms with Crippen molar-refractivity contribution in [1.29, 1.82) is 0 Å². The number of hydrogen-bond acceptors (Lipinski definition) is 8. The van der Waals surface area contributed by atoms with Crippen LogP contribution < -0.4 is 10.7 Å². The number of nitrogens with one attached hydrogen (secondary N) is 1. The van der Waals surface area contributed by atoms with Gasteiger partial charge in [-0.15, -0.1) is 0 Å². The summed E-state index contributed by atoms with van der Waals surface area (Å²) in [5.74, 6) is -0.173. The quantitative estimate of drug-likeness (QED) is 0.494. The highest BCUT2D eigenvalue weighted by molar-refractivity contribution is 5.77. The predicted octanol–water partition coefficient (Wildman–Crippen LogP) is -1.28. The van der Waals surface area contributed by atoms with Crippen LogP contribution in [0.2, 0.25) is 0 Å². The van der Waals surface area contributed by atoms with Crippen molar-refractivity contribution in [3.05, 3.63) is 27.8 Å². The highest BCUT2D eigenvalue weighted by Crippen LogP contribution is 2.17. The molecule has 9 heteroatoms. The molecule has 0 radical (unpaired) electrons. The molecular weight excluding hydrogens is 330 g/mol. The van der Waals surface area contributed by atoms with E-state index < -0.39 is 17.8 Å². The number of aliphatic hydroxyl groups is 1. The van der Waals surface area contributed by atoms with Gasteiger partial charge in [0.05, 0.1) is 19.7 Å². The van der Waals surface area contributed by atoms with E-state index in [1.807, 2.05) is 9.80 Å². The second-order valence-corrected chi connectivity index (χ2v) is 5.90.